The first kappa shape index (κ1) is 21.2. The highest BCUT2D eigenvalue weighted by molar-refractivity contribution is 7.84. The van der Waals surface area contributed by atoms with Crippen molar-refractivity contribution in [2.75, 3.05) is 24.7 Å². The van der Waals surface area contributed by atoms with E-state index in [9.17, 15) is 27.4 Å². The smallest absolute Gasteiger partial charge is 0.339 e. The molecule has 0 radical (unpaired) electrons. The van der Waals surface area contributed by atoms with Gasteiger partial charge in [0.15, 0.2) is 18.2 Å². The zero-order valence-electron chi connectivity index (χ0n) is 14.7. The van der Waals surface area contributed by atoms with Crippen LogP contribution < -0.4 is 10.6 Å². The molecule has 2 aromatic carbocycles. The summed E-state index contributed by atoms with van der Waals surface area (Å²) in [5, 5.41) is 4.49. The first-order valence-electron chi connectivity index (χ1n) is 7.89. The molecule has 0 heterocycles. The van der Waals surface area contributed by atoms with Crippen LogP contribution in [0.3, 0.4) is 0 Å². The lowest BCUT2D eigenvalue weighted by molar-refractivity contribution is -0.126. The normalized spacial score (nSPS) is 11.4. The van der Waals surface area contributed by atoms with Gasteiger partial charge in [0.1, 0.15) is 0 Å². The van der Waals surface area contributed by atoms with E-state index in [4.69, 9.17) is 4.74 Å². The molecule has 0 aromatic heterocycles. The number of anilines is 1. The van der Waals surface area contributed by atoms with Crippen LogP contribution in [0, 0.1) is 11.6 Å². The number of esters is 1. The van der Waals surface area contributed by atoms with Gasteiger partial charge in [0.2, 0.25) is 5.91 Å². The summed E-state index contributed by atoms with van der Waals surface area (Å²) < 4.78 is 42.4. The molecule has 0 aliphatic rings. The third-order valence-electron chi connectivity index (χ3n) is 3.40. The Kier molecular flexibility index (Phi) is 7.33. The summed E-state index contributed by atoms with van der Waals surface area (Å²) in [6, 6.07) is 8.92. The predicted molar refractivity (Wildman–Crippen MR) is 97.1 cm³/mol. The maximum Gasteiger partial charge on any atom is 0.339 e. The summed E-state index contributed by atoms with van der Waals surface area (Å²) in [7, 11) is -1.41. The van der Waals surface area contributed by atoms with Gasteiger partial charge in [-0.1, -0.05) is 12.1 Å². The molecule has 0 fully saturated rings. The Morgan fingerprint density at radius 3 is 2.43 bits per heavy atom. The zero-order chi connectivity index (χ0) is 20.7. The monoisotopic (exact) mass is 410 g/mol. The molecule has 0 unspecified atom stereocenters. The number of carbonyl (C=O) groups excluding carboxylic acids is 3. The number of ether oxygens (including phenoxy) is 1. The fourth-order valence-electron chi connectivity index (χ4n) is 2.10. The van der Waals surface area contributed by atoms with Crippen LogP contribution >= 0.6 is 0 Å². The summed E-state index contributed by atoms with van der Waals surface area (Å²) in [5.74, 6) is -4.43. The van der Waals surface area contributed by atoms with Gasteiger partial charge >= 0.3 is 5.97 Å². The molecule has 0 aliphatic carbocycles. The SMILES string of the molecule is C[S@@](=O)c1ccccc1C(=O)OCC(=O)NCC(=O)Nc1ccc(F)c(F)c1. The lowest BCUT2D eigenvalue weighted by Gasteiger charge is -2.09. The molecule has 7 nitrogen and oxygen atoms in total. The van der Waals surface area contributed by atoms with E-state index in [1.165, 1.54) is 18.4 Å². The molecule has 0 saturated carbocycles. The minimum Gasteiger partial charge on any atom is -0.452 e. The van der Waals surface area contributed by atoms with E-state index in [0.29, 0.717) is 0 Å². The highest BCUT2D eigenvalue weighted by Crippen LogP contribution is 2.14. The van der Waals surface area contributed by atoms with E-state index in [-0.39, 0.29) is 16.1 Å². The average molecular weight is 410 g/mol. The molecule has 2 aromatic rings. The second kappa shape index (κ2) is 9.70. The van der Waals surface area contributed by atoms with Crippen molar-refractivity contribution in [3.63, 3.8) is 0 Å². The lowest BCUT2D eigenvalue weighted by Crippen LogP contribution is -2.35. The van der Waals surface area contributed by atoms with Crippen molar-refractivity contribution < 1.29 is 32.1 Å². The molecule has 0 spiro atoms. The summed E-state index contributed by atoms with van der Waals surface area (Å²) in [6.07, 6.45) is 1.41. The van der Waals surface area contributed by atoms with Gasteiger partial charge in [-0.05, 0) is 24.3 Å². The average Bonchev–Trinajstić information content (AvgIpc) is 2.67. The Bertz CT molecular complexity index is 936. The third-order valence-corrected chi connectivity index (χ3v) is 4.38. The molecule has 148 valence electrons. The fraction of sp³-hybridized carbons (Fsp3) is 0.167. The number of hydrogen-bond donors (Lipinski definition) is 2. The van der Waals surface area contributed by atoms with Crippen molar-refractivity contribution in [2.24, 2.45) is 0 Å². The highest BCUT2D eigenvalue weighted by atomic mass is 32.2. The predicted octanol–water partition coefficient (Wildman–Crippen LogP) is 1.61. The van der Waals surface area contributed by atoms with Crippen LogP contribution in [0.4, 0.5) is 14.5 Å². The van der Waals surface area contributed by atoms with Crippen LogP contribution in [-0.2, 0) is 25.1 Å². The maximum absolute atomic E-state index is 13.1. The van der Waals surface area contributed by atoms with Gasteiger partial charge in [-0.3, -0.25) is 13.8 Å². The van der Waals surface area contributed by atoms with Gasteiger partial charge in [-0.2, -0.15) is 0 Å². The van der Waals surface area contributed by atoms with Crippen molar-refractivity contribution >= 4 is 34.3 Å². The largest absolute Gasteiger partial charge is 0.452 e. The van der Waals surface area contributed by atoms with Gasteiger partial charge in [0.05, 0.1) is 27.8 Å². The second-order valence-corrected chi connectivity index (χ2v) is 6.83. The molecule has 2 N–H and O–H groups in total. The Labute approximate surface area is 161 Å². The van der Waals surface area contributed by atoms with Crippen molar-refractivity contribution in [1.82, 2.24) is 5.32 Å². The summed E-state index contributed by atoms with van der Waals surface area (Å²) in [6.45, 7) is -1.12. The summed E-state index contributed by atoms with van der Waals surface area (Å²) in [4.78, 5) is 35.7. The number of halogens is 2. The zero-order valence-corrected chi connectivity index (χ0v) is 15.5. The summed E-state index contributed by atoms with van der Waals surface area (Å²) >= 11 is 0. The van der Waals surface area contributed by atoms with E-state index in [0.717, 1.165) is 18.2 Å². The molecule has 10 heteroatoms. The highest BCUT2D eigenvalue weighted by Gasteiger charge is 2.16. The van der Waals surface area contributed by atoms with Crippen LogP contribution in [0.15, 0.2) is 47.4 Å². The first-order chi connectivity index (χ1) is 13.3. The van der Waals surface area contributed by atoms with Gasteiger partial charge in [0, 0.05) is 18.0 Å². The van der Waals surface area contributed by atoms with Crippen molar-refractivity contribution in [3.8, 4) is 0 Å². The molecule has 2 amide bonds. The number of carbonyl (C=O) groups is 3. The number of hydrogen-bond acceptors (Lipinski definition) is 5. The number of nitrogens with one attached hydrogen (secondary N) is 2. The quantitative estimate of drug-likeness (QED) is 0.676. The minimum absolute atomic E-state index is 0.0220. The molecule has 2 rings (SSSR count). The van der Waals surface area contributed by atoms with E-state index in [2.05, 4.69) is 10.6 Å². The van der Waals surface area contributed by atoms with Crippen molar-refractivity contribution in [3.05, 3.63) is 59.7 Å². The molecular weight excluding hydrogens is 394 g/mol. The van der Waals surface area contributed by atoms with Crippen LogP contribution in [0.5, 0.6) is 0 Å². The Balaban J connectivity index is 1.81. The molecule has 0 bridgehead atoms. The fourth-order valence-corrected chi connectivity index (χ4v) is 2.84. The van der Waals surface area contributed by atoms with Crippen LogP contribution in [-0.4, -0.2) is 41.4 Å². The standard InChI is InChI=1S/C18H16F2N2O5S/c1-28(26)15-5-3-2-4-12(15)18(25)27-10-17(24)21-9-16(23)22-11-6-7-13(19)14(20)8-11/h2-8H,9-10H2,1H3,(H,21,24)(H,22,23)/t28-/m1/s1. The molecule has 1 atom stereocenters. The Morgan fingerprint density at radius 2 is 1.75 bits per heavy atom. The van der Waals surface area contributed by atoms with E-state index in [1.807, 2.05) is 0 Å². The second-order valence-electron chi connectivity index (χ2n) is 5.48. The Morgan fingerprint density at radius 1 is 1.04 bits per heavy atom. The molecule has 0 saturated heterocycles. The van der Waals surface area contributed by atoms with E-state index in [1.54, 1.807) is 12.1 Å². The van der Waals surface area contributed by atoms with E-state index < -0.39 is 53.4 Å². The molecule has 28 heavy (non-hydrogen) atoms. The number of rotatable bonds is 7. The van der Waals surface area contributed by atoms with Crippen LogP contribution in [0.25, 0.3) is 0 Å². The lowest BCUT2D eigenvalue weighted by atomic mass is 10.2. The number of benzene rings is 2. The van der Waals surface area contributed by atoms with Gasteiger partial charge in [-0.25, -0.2) is 13.6 Å². The van der Waals surface area contributed by atoms with Gasteiger partial charge in [0.25, 0.3) is 5.91 Å². The third kappa shape index (κ3) is 5.95. The Hall–Kier alpha value is -3.14. The van der Waals surface area contributed by atoms with Crippen LogP contribution in [0.2, 0.25) is 0 Å². The van der Waals surface area contributed by atoms with Crippen molar-refractivity contribution in [2.45, 2.75) is 4.90 Å². The van der Waals surface area contributed by atoms with E-state index >= 15 is 0 Å². The topological polar surface area (TPSA) is 102 Å². The minimum atomic E-state index is -1.41. The molecular formula is C18H16F2N2O5S. The van der Waals surface area contributed by atoms with Crippen molar-refractivity contribution in [1.29, 1.82) is 0 Å². The number of amides is 2. The van der Waals surface area contributed by atoms with Crippen LogP contribution in [0.1, 0.15) is 10.4 Å². The van der Waals surface area contributed by atoms with Gasteiger partial charge in [-0.15, -0.1) is 0 Å². The maximum atomic E-state index is 13.1. The summed E-state index contributed by atoms with van der Waals surface area (Å²) in [5.41, 5.74) is 0.0981. The van der Waals surface area contributed by atoms with Gasteiger partial charge < -0.3 is 15.4 Å². The first-order valence-corrected chi connectivity index (χ1v) is 9.45. The molecule has 0 aliphatic heterocycles.